The van der Waals surface area contributed by atoms with Crippen molar-refractivity contribution in [2.45, 2.75) is 18.4 Å². The van der Waals surface area contributed by atoms with Crippen molar-refractivity contribution in [1.29, 1.82) is 5.26 Å². The zero-order valence-corrected chi connectivity index (χ0v) is 10.5. The van der Waals surface area contributed by atoms with Gasteiger partial charge in [0.1, 0.15) is 5.54 Å². The first-order valence-corrected chi connectivity index (χ1v) is 5.87. The molecule has 3 N–H and O–H groups in total. The largest absolute Gasteiger partial charge is 0.480 e. The van der Waals surface area contributed by atoms with Gasteiger partial charge in [0.25, 0.3) is 0 Å². The van der Waals surface area contributed by atoms with Crippen LogP contribution in [0.15, 0.2) is 18.2 Å². The van der Waals surface area contributed by atoms with Gasteiger partial charge in [-0.3, -0.25) is 0 Å². The second-order valence-electron chi connectivity index (χ2n) is 4.27. The van der Waals surface area contributed by atoms with Gasteiger partial charge >= 0.3 is 12.0 Å². The number of halogens is 1. The molecule has 0 aromatic heterocycles. The fourth-order valence-electron chi connectivity index (χ4n) is 1.57. The minimum Gasteiger partial charge on any atom is -0.480 e. The van der Waals surface area contributed by atoms with Crippen molar-refractivity contribution >= 4 is 29.3 Å². The number of urea groups is 1. The lowest BCUT2D eigenvalue weighted by Gasteiger charge is -2.14. The first-order valence-electron chi connectivity index (χ1n) is 5.49. The minimum atomic E-state index is -1.15. The number of carbonyl (C=O) groups is 2. The Morgan fingerprint density at radius 2 is 2.11 bits per heavy atom. The molecule has 0 unspecified atom stereocenters. The summed E-state index contributed by atoms with van der Waals surface area (Å²) in [6.45, 7) is 0. The molecule has 98 valence electrons. The topological polar surface area (TPSA) is 102 Å². The number of carboxylic acids is 1. The van der Waals surface area contributed by atoms with Crippen LogP contribution in [0.5, 0.6) is 0 Å². The second-order valence-corrected chi connectivity index (χ2v) is 4.68. The number of nitrogens with zero attached hydrogens (tertiary/aromatic N) is 1. The highest BCUT2D eigenvalue weighted by Gasteiger charge is 2.51. The second kappa shape index (κ2) is 4.78. The van der Waals surface area contributed by atoms with Crippen LogP contribution in [-0.2, 0) is 4.79 Å². The Morgan fingerprint density at radius 3 is 2.58 bits per heavy atom. The molecule has 2 rings (SSSR count). The summed E-state index contributed by atoms with van der Waals surface area (Å²) in [5.41, 5.74) is -0.456. The molecule has 19 heavy (non-hydrogen) atoms. The van der Waals surface area contributed by atoms with E-state index in [1.807, 2.05) is 6.07 Å². The molecular weight excluding hydrogens is 270 g/mol. The van der Waals surface area contributed by atoms with E-state index in [0.717, 1.165) is 0 Å². The van der Waals surface area contributed by atoms with E-state index in [1.165, 1.54) is 18.2 Å². The highest BCUT2D eigenvalue weighted by Crippen LogP contribution is 2.35. The zero-order valence-electron chi connectivity index (χ0n) is 9.74. The van der Waals surface area contributed by atoms with Crippen LogP contribution in [0.2, 0.25) is 5.02 Å². The van der Waals surface area contributed by atoms with Gasteiger partial charge in [-0.15, -0.1) is 0 Å². The summed E-state index contributed by atoms with van der Waals surface area (Å²) in [4.78, 5) is 22.6. The predicted octanol–water partition coefficient (Wildman–Crippen LogP) is 1.95. The SMILES string of the molecule is N#Cc1ccc(NC(=O)NC2(C(=O)O)CC2)c(Cl)c1. The van der Waals surface area contributed by atoms with Crippen LogP contribution in [-0.4, -0.2) is 22.6 Å². The Bertz CT molecular complexity index is 590. The number of hydrogen-bond acceptors (Lipinski definition) is 3. The summed E-state index contributed by atoms with van der Waals surface area (Å²) < 4.78 is 0. The lowest BCUT2D eigenvalue weighted by Crippen LogP contribution is -2.45. The van der Waals surface area contributed by atoms with Crippen LogP contribution in [0, 0.1) is 11.3 Å². The zero-order chi connectivity index (χ0) is 14.0. The molecule has 1 saturated carbocycles. The average Bonchev–Trinajstić information content (AvgIpc) is 3.12. The Hall–Kier alpha value is -2.26. The summed E-state index contributed by atoms with van der Waals surface area (Å²) in [5, 5.41) is 22.7. The molecule has 0 aliphatic heterocycles. The lowest BCUT2D eigenvalue weighted by atomic mass is 10.2. The first kappa shape index (κ1) is 13.2. The van der Waals surface area contributed by atoms with Crippen molar-refractivity contribution in [1.82, 2.24) is 5.32 Å². The van der Waals surface area contributed by atoms with Gasteiger partial charge in [-0.25, -0.2) is 9.59 Å². The molecule has 0 radical (unpaired) electrons. The number of anilines is 1. The number of nitriles is 1. The van der Waals surface area contributed by atoms with E-state index in [2.05, 4.69) is 10.6 Å². The average molecular weight is 280 g/mol. The van der Waals surface area contributed by atoms with Gasteiger partial charge in [0, 0.05) is 0 Å². The third kappa shape index (κ3) is 2.77. The molecule has 1 aromatic carbocycles. The summed E-state index contributed by atoms with van der Waals surface area (Å²) in [6.07, 6.45) is 0.827. The maximum Gasteiger partial charge on any atom is 0.329 e. The summed E-state index contributed by atoms with van der Waals surface area (Å²) in [5.74, 6) is -1.05. The summed E-state index contributed by atoms with van der Waals surface area (Å²) in [7, 11) is 0. The third-order valence-corrected chi connectivity index (χ3v) is 3.17. The maximum absolute atomic E-state index is 11.7. The number of aliphatic carboxylic acids is 1. The molecule has 1 aromatic rings. The number of benzene rings is 1. The fourth-order valence-corrected chi connectivity index (χ4v) is 1.80. The van der Waals surface area contributed by atoms with E-state index in [9.17, 15) is 9.59 Å². The van der Waals surface area contributed by atoms with Gasteiger partial charge < -0.3 is 15.7 Å². The fraction of sp³-hybridized carbons (Fsp3) is 0.250. The van der Waals surface area contributed by atoms with Gasteiger partial charge in [-0.05, 0) is 31.0 Å². The highest BCUT2D eigenvalue weighted by molar-refractivity contribution is 6.33. The Balaban J connectivity index is 2.04. The molecular formula is C12H10ClN3O3. The standard InChI is InChI=1S/C12H10ClN3O3/c13-8-5-7(6-14)1-2-9(8)15-11(19)16-12(3-4-12)10(17)18/h1-2,5H,3-4H2,(H,17,18)(H2,15,16,19). The number of rotatable bonds is 3. The van der Waals surface area contributed by atoms with Crippen molar-refractivity contribution in [2.24, 2.45) is 0 Å². The van der Waals surface area contributed by atoms with Crippen molar-refractivity contribution in [3.8, 4) is 6.07 Å². The van der Waals surface area contributed by atoms with Crippen LogP contribution >= 0.6 is 11.6 Å². The molecule has 7 heteroatoms. The minimum absolute atomic E-state index is 0.217. The van der Waals surface area contributed by atoms with Crippen LogP contribution in [0.4, 0.5) is 10.5 Å². The molecule has 0 atom stereocenters. The quantitative estimate of drug-likeness (QED) is 0.787. The smallest absolute Gasteiger partial charge is 0.329 e. The van der Waals surface area contributed by atoms with Crippen molar-refractivity contribution in [3.63, 3.8) is 0 Å². The van der Waals surface area contributed by atoms with Gasteiger partial charge in [-0.2, -0.15) is 5.26 Å². The van der Waals surface area contributed by atoms with Gasteiger partial charge in [-0.1, -0.05) is 11.6 Å². The lowest BCUT2D eigenvalue weighted by molar-refractivity contribution is -0.140. The van der Waals surface area contributed by atoms with Crippen LogP contribution in [0.3, 0.4) is 0 Å². The molecule has 6 nitrogen and oxygen atoms in total. The Kier molecular flexibility index (Phi) is 3.32. The molecule has 0 saturated heterocycles. The van der Waals surface area contributed by atoms with E-state index >= 15 is 0 Å². The number of hydrogen-bond donors (Lipinski definition) is 3. The molecule has 1 aliphatic carbocycles. The Labute approximate surface area is 114 Å². The summed E-state index contributed by atoms with van der Waals surface area (Å²) in [6, 6.07) is 5.70. The predicted molar refractivity (Wildman–Crippen MR) is 67.9 cm³/mol. The monoisotopic (exact) mass is 279 g/mol. The number of nitrogens with one attached hydrogen (secondary N) is 2. The van der Waals surface area contributed by atoms with Gasteiger partial charge in [0.05, 0.1) is 22.3 Å². The normalized spacial score (nSPS) is 15.2. The van der Waals surface area contributed by atoms with Crippen LogP contribution in [0.25, 0.3) is 0 Å². The molecule has 0 bridgehead atoms. The van der Waals surface area contributed by atoms with Crippen LogP contribution in [0.1, 0.15) is 18.4 Å². The van der Waals surface area contributed by atoms with Crippen molar-refractivity contribution < 1.29 is 14.7 Å². The van der Waals surface area contributed by atoms with Gasteiger partial charge in [0.15, 0.2) is 0 Å². The number of carboxylic acid groups (broad SMARTS) is 1. The number of carbonyl (C=O) groups excluding carboxylic acids is 1. The molecule has 1 fully saturated rings. The highest BCUT2D eigenvalue weighted by atomic mass is 35.5. The van der Waals surface area contributed by atoms with E-state index in [0.29, 0.717) is 24.1 Å². The first-order chi connectivity index (χ1) is 8.97. The van der Waals surface area contributed by atoms with E-state index in [1.54, 1.807) is 0 Å². The molecule has 0 spiro atoms. The van der Waals surface area contributed by atoms with Crippen molar-refractivity contribution in [2.75, 3.05) is 5.32 Å². The molecule has 1 aliphatic rings. The van der Waals surface area contributed by atoms with E-state index in [-0.39, 0.29) is 5.02 Å². The van der Waals surface area contributed by atoms with Crippen molar-refractivity contribution in [3.05, 3.63) is 28.8 Å². The molecule has 2 amide bonds. The molecule has 0 heterocycles. The maximum atomic E-state index is 11.7. The van der Waals surface area contributed by atoms with Crippen LogP contribution < -0.4 is 10.6 Å². The van der Waals surface area contributed by atoms with Gasteiger partial charge in [0.2, 0.25) is 0 Å². The van der Waals surface area contributed by atoms with E-state index in [4.69, 9.17) is 22.0 Å². The number of amides is 2. The summed E-state index contributed by atoms with van der Waals surface area (Å²) >= 11 is 5.89. The van der Waals surface area contributed by atoms with E-state index < -0.39 is 17.5 Å². The third-order valence-electron chi connectivity index (χ3n) is 2.86. The Morgan fingerprint density at radius 1 is 1.42 bits per heavy atom.